The molecule has 0 N–H and O–H groups in total. The molecule has 3 aromatic rings. The maximum absolute atomic E-state index is 13.4. The number of carbonyl (C=O) groups is 3. The molecule has 32 heavy (non-hydrogen) atoms. The van der Waals surface area contributed by atoms with Gasteiger partial charge < -0.3 is 9.80 Å². The molecular weight excluding hydrogens is 426 g/mol. The minimum Gasteiger partial charge on any atom is -0.378 e. The molecule has 2 aliphatic rings. The van der Waals surface area contributed by atoms with Crippen LogP contribution in [0.2, 0.25) is 5.02 Å². The van der Waals surface area contributed by atoms with Gasteiger partial charge in [0.2, 0.25) is 0 Å². The van der Waals surface area contributed by atoms with Crippen molar-refractivity contribution in [3.05, 3.63) is 94.5 Å². The fourth-order valence-electron chi connectivity index (χ4n) is 4.38. The first-order valence-electron chi connectivity index (χ1n) is 10.2. The first kappa shape index (κ1) is 20.3. The smallest absolute Gasteiger partial charge is 0.262 e. The van der Waals surface area contributed by atoms with Gasteiger partial charge in [0, 0.05) is 30.5 Å². The summed E-state index contributed by atoms with van der Waals surface area (Å²) in [5.74, 6) is -1.17. The summed E-state index contributed by atoms with van der Waals surface area (Å²) in [6.07, 6.45) is 0. The maximum atomic E-state index is 13.4. The van der Waals surface area contributed by atoms with Crippen LogP contribution in [0, 0.1) is 0 Å². The van der Waals surface area contributed by atoms with Gasteiger partial charge in [-0.05, 0) is 54.1 Å². The van der Waals surface area contributed by atoms with Crippen molar-refractivity contribution < 1.29 is 14.4 Å². The van der Waals surface area contributed by atoms with Crippen LogP contribution in [0.1, 0.15) is 32.3 Å². The molecule has 0 spiro atoms. The number of β-lactam (4-membered cyclic amide) rings is 1. The van der Waals surface area contributed by atoms with Crippen molar-refractivity contribution in [1.29, 1.82) is 0 Å². The Balaban J connectivity index is 1.57. The summed E-state index contributed by atoms with van der Waals surface area (Å²) in [6.45, 7) is 0. The molecule has 2 aliphatic heterocycles. The highest BCUT2D eigenvalue weighted by molar-refractivity contribution is 6.30. The van der Waals surface area contributed by atoms with E-state index >= 15 is 0 Å². The van der Waals surface area contributed by atoms with Crippen LogP contribution < -0.4 is 9.80 Å². The molecule has 0 bridgehead atoms. The third kappa shape index (κ3) is 2.99. The second-order valence-corrected chi connectivity index (χ2v) is 8.52. The SMILES string of the molecule is CN(C)c1ccc([C@@H]2[C@H](N3C(=O)c4ccccc4C3=O)C(=O)N2c2ccc(Cl)cc2)cc1. The Morgan fingerprint density at radius 2 is 1.28 bits per heavy atom. The van der Waals surface area contributed by atoms with E-state index in [1.807, 2.05) is 43.3 Å². The van der Waals surface area contributed by atoms with E-state index < -0.39 is 23.9 Å². The van der Waals surface area contributed by atoms with E-state index in [1.165, 1.54) is 0 Å². The van der Waals surface area contributed by atoms with Gasteiger partial charge in [0.15, 0.2) is 0 Å². The summed E-state index contributed by atoms with van der Waals surface area (Å²) in [5.41, 5.74) is 3.17. The number of hydrogen-bond acceptors (Lipinski definition) is 4. The standard InChI is InChI=1S/C25H20ClN3O3/c1-27(2)17-11-7-15(8-12-17)21-22(25(32)28(21)18-13-9-16(26)10-14-18)29-23(30)19-5-3-4-6-20(19)24(29)31/h3-14,21-22H,1-2H3/t21-,22+/m1/s1. The van der Waals surface area contributed by atoms with Crippen LogP contribution in [0.15, 0.2) is 72.8 Å². The number of rotatable bonds is 4. The number of fused-ring (bicyclic) bond motifs is 1. The van der Waals surface area contributed by atoms with Crippen molar-refractivity contribution in [3.63, 3.8) is 0 Å². The highest BCUT2D eigenvalue weighted by Gasteiger charge is 2.57. The number of halogens is 1. The second-order valence-electron chi connectivity index (χ2n) is 8.09. The summed E-state index contributed by atoms with van der Waals surface area (Å²) in [4.78, 5) is 44.3. The number of carbonyl (C=O) groups excluding carboxylic acids is 3. The van der Waals surface area contributed by atoms with Crippen LogP contribution in [-0.2, 0) is 4.79 Å². The first-order valence-corrected chi connectivity index (χ1v) is 10.6. The average molecular weight is 446 g/mol. The molecule has 5 rings (SSSR count). The summed E-state index contributed by atoms with van der Waals surface area (Å²) in [7, 11) is 3.90. The normalized spacial score (nSPS) is 19.8. The lowest BCUT2D eigenvalue weighted by Gasteiger charge is -2.49. The molecule has 2 heterocycles. The first-order chi connectivity index (χ1) is 15.4. The molecule has 0 aromatic heterocycles. The average Bonchev–Trinajstić information content (AvgIpc) is 3.04. The molecule has 1 fully saturated rings. The molecule has 3 aromatic carbocycles. The Labute approximate surface area is 190 Å². The molecule has 1 saturated heterocycles. The number of hydrogen-bond donors (Lipinski definition) is 0. The Bertz CT molecular complexity index is 1200. The van der Waals surface area contributed by atoms with Crippen LogP contribution in [0.4, 0.5) is 11.4 Å². The predicted molar refractivity (Wildman–Crippen MR) is 123 cm³/mol. The van der Waals surface area contributed by atoms with Crippen LogP contribution in [0.5, 0.6) is 0 Å². The van der Waals surface area contributed by atoms with Crippen molar-refractivity contribution in [2.24, 2.45) is 0 Å². The van der Waals surface area contributed by atoms with E-state index in [0.29, 0.717) is 21.8 Å². The van der Waals surface area contributed by atoms with Gasteiger partial charge in [-0.25, -0.2) is 0 Å². The molecule has 0 unspecified atom stereocenters. The molecule has 0 saturated carbocycles. The minimum atomic E-state index is -0.914. The lowest BCUT2D eigenvalue weighted by Crippen LogP contribution is -2.67. The lowest BCUT2D eigenvalue weighted by molar-refractivity contribution is -0.130. The topological polar surface area (TPSA) is 60.9 Å². The van der Waals surface area contributed by atoms with E-state index in [1.54, 1.807) is 53.4 Å². The van der Waals surface area contributed by atoms with Crippen molar-refractivity contribution in [1.82, 2.24) is 4.90 Å². The van der Waals surface area contributed by atoms with Crippen molar-refractivity contribution in [2.45, 2.75) is 12.1 Å². The largest absolute Gasteiger partial charge is 0.378 e. The van der Waals surface area contributed by atoms with Crippen LogP contribution in [0.25, 0.3) is 0 Å². The summed E-state index contributed by atoms with van der Waals surface area (Å²) in [5, 5.41) is 0.561. The number of anilines is 2. The van der Waals surface area contributed by atoms with Crippen LogP contribution in [-0.4, -0.2) is 42.8 Å². The maximum Gasteiger partial charge on any atom is 0.262 e. The van der Waals surface area contributed by atoms with Gasteiger partial charge in [-0.3, -0.25) is 19.3 Å². The van der Waals surface area contributed by atoms with E-state index in [2.05, 4.69) is 0 Å². The van der Waals surface area contributed by atoms with Gasteiger partial charge in [0.25, 0.3) is 17.7 Å². The Morgan fingerprint density at radius 1 is 0.719 bits per heavy atom. The second kappa shape index (κ2) is 7.50. The summed E-state index contributed by atoms with van der Waals surface area (Å²) in [6, 6.07) is 20.0. The molecule has 6 nitrogen and oxygen atoms in total. The highest BCUT2D eigenvalue weighted by Crippen LogP contribution is 2.44. The number of imide groups is 1. The quantitative estimate of drug-likeness (QED) is 0.447. The monoisotopic (exact) mass is 445 g/mol. The van der Waals surface area contributed by atoms with Crippen LogP contribution in [0.3, 0.4) is 0 Å². The van der Waals surface area contributed by atoms with Gasteiger partial charge in [0.05, 0.1) is 17.2 Å². The zero-order valence-electron chi connectivity index (χ0n) is 17.5. The van der Waals surface area contributed by atoms with Crippen molar-refractivity contribution in [3.8, 4) is 0 Å². The van der Waals surface area contributed by atoms with Crippen molar-refractivity contribution >= 4 is 40.7 Å². The molecule has 0 radical (unpaired) electrons. The Hall–Kier alpha value is -3.64. The van der Waals surface area contributed by atoms with Gasteiger partial charge in [-0.15, -0.1) is 0 Å². The Morgan fingerprint density at radius 3 is 1.81 bits per heavy atom. The van der Waals surface area contributed by atoms with E-state index in [9.17, 15) is 14.4 Å². The van der Waals surface area contributed by atoms with Crippen LogP contribution >= 0.6 is 11.6 Å². The highest BCUT2D eigenvalue weighted by atomic mass is 35.5. The van der Waals surface area contributed by atoms with Gasteiger partial charge >= 0.3 is 0 Å². The zero-order valence-corrected chi connectivity index (χ0v) is 18.3. The van der Waals surface area contributed by atoms with E-state index in [-0.39, 0.29) is 5.91 Å². The third-order valence-electron chi connectivity index (χ3n) is 6.03. The van der Waals surface area contributed by atoms with Gasteiger partial charge in [-0.1, -0.05) is 35.9 Å². The fraction of sp³-hybridized carbons (Fsp3) is 0.160. The lowest BCUT2D eigenvalue weighted by atomic mass is 9.86. The van der Waals surface area contributed by atoms with Gasteiger partial charge in [-0.2, -0.15) is 0 Å². The predicted octanol–water partition coefficient (Wildman–Crippen LogP) is 4.16. The minimum absolute atomic E-state index is 0.302. The fourth-order valence-corrected chi connectivity index (χ4v) is 4.50. The molecular formula is C25H20ClN3O3. The van der Waals surface area contributed by atoms with Gasteiger partial charge in [0.1, 0.15) is 6.04 Å². The van der Waals surface area contributed by atoms with Crippen molar-refractivity contribution in [2.75, 3.05) is 23.9 Å². The molecule has 0 aliphatic carbocycles. The zero-order chi connectivity index (χ0) is 22.6. The van der Waals surface area contributed by atoms with E-state index in [0.717, 1.165) is 16.2 Å². The number of amides is 3. The number of benzene rings is 3. The molecule has 160 valence electrons. The number of nitrogens with zero attached hydrogens (tertiary/aromatic N) is 3. The molecule has 3 amide bonds. The van der Waals surface area contributed by atoms with E-state index in [4.69, 9.17) is 11.6 Å². The molecule has 2 atom stereocenters. The molecule has 7 heteroatoms. The Kier molecular flexibility index (Phi) is 4.75. The third-order valence-corrected chi connectivity index (χ3v) is 6.28. The summed E-state index contributed by atoms with van der Waals surface area (Å²) < 4.78 is 0. The summed E-state index contributed by atoms with van der Waals surface area (Å²) >= 11 is 6.03.